The first-order valence-corrected chi connectivity index (χ1v) is 7.92. The number of anilines is 1. The van der Waals surface area contributed by atoms with Crippen LogP contribution in [0.2, 0.25) is 0 Å². The van der Waals surface area contributed by atoms with Gasteiger partial charge in [-0.1, -0.05) is 48.5 Å². The second-order valence-electron chi connectivity index (χ2n) is 5.24. The Morgan fingerprint density at radius 2 is 1.55 bits per heavy atom. The van der Waals surface area contributed by atoms with Crippen LogP contribution in [-0.2, 0) is 6.42 Å². The van der Waals surface area contributed by atoms with Crippen LogP contribution in [0.5, 0.6) is 0 Å². The van der Waals surface area contributed by atoms with Gasteiger partial charge in [-0.3, -0.25) is 0 Å². The molecule has 120 valence electrons. The van der Waals surface area contributed by atoms with E-state index in [0.29, 0.717) is 6.54 Å². The molecule has 0 aliphatic heterocycles. The van der Waals surface area contributed by atoms with Crippen molar-refractivity contribution in [2.45, 2.75) is 12.8 Å². The SMILES string of the molecule is CN(CCN)c1ccccc1.CNCCCc1ccccc1. The van der Waals surface area contributed by atoms with Crippen LogP contribution < -0.4 is 16.0 Å². The molecule has 0 aliphatic carbocycles. The summed E-state index contributed by atoms with van der Waals surface area (Å²) in [6.07, 6.45) is 2.40. The fourth-order valence-electron chi connectivity index (χ4n) is 2.12. The number of aryl methyl sites for hydroxylation is 1. The highest BCUT2D eigenvalue weighted by molar-refractivity contribution is 5.44. The van der Waals surface area contributed by atoms with E-state index < -0.39 is 0 Å². The average molecular weight is 299 g/mol. The van der Waals surface area contributed by atoms with E-state index in [2.05, 4.69) is 52.7 Å². The number of hydrogen-bond acceptors (Lipinski definition) is 3. The zero-order valence-corrected chi connectivity index (χ0v) is 13.8. The number of nitrogens with zero attached hydrogens (tertiary/aromatic N) is 1. The molecule has 0 radical (unpaired) electrons. The van der Waals surface area contributed by atoms with E-state index in [0.717, 1.165) is 13.1 Å². The molecule has 0 spiro atoms. The normalized spacial score (nSPS) is 9.77. The van der Waals surface area contributed by atoms with Crippen molar-refractivity contribution in [3.05, 3.63) is 66.2 Å². The monoisotopic (exact) mass is 299 g/mol. The van der Waals surface area contributed by atoms with Crippen molar-refractivity contribution in [3.63, 3.8) is 0 Å². The maximum Gasteiger partial charge on any atom is 0.0364 e. The Morgan fingerprint density at radius 1 is 0.955 bits per heavy atom. The molecule has 0 atom stereocenters. The molecule has 2 aromatic carbocycles. The molecule has 0 aromatic heterocycles. The molecular weight excluding hydrogens is 270 g/mol. The minimum Gasteiger partial charge on any atom is -0.373 e. The number of para-hydroxylation sites is 1. The van der Waals surface area contributed by atoms with Crippen molar-refractivity contribution in [2.24, 2.45) is 5.73 Å². The fraction of sp³-hybridized carbons (Fsp3) is 0.368. The van der Waals surface area contributed by atoms with E-state index in [9.17, 15) is 0 Å². The second kappa shape index (κ2) is 11.8. The third kappa shape index (κ3) is 7.81. The highest BCUT2D eigenvalue weighted by Crippen LogP contribution is 2.09. The summed E-state index contributed by atoms with van der Waals surface area (Å²) < 4.78 is 0. The van der Waals surface area contributed by atoms with Crippen LogP contribution in [-0.4, -0.2) is 33.7 Å². The van der Waals surface area contributed by atoms with Gasteiger partial charge in [-0.15, -0.1) is 0 Å². The van der Waals surface area contributed by atoms with Crippen LogP contribution in [0.3, 0.4) is 0 Å². The van der Waals surface area contributed by atoms with E-state index >= 15 is 0 Å². The molecule has 0 saturated heterocycles. The Morgan fingerprint density at radius 3 is 2.09 bits per heavy atom. The molecule has 0 fully saturated rings. The van der Waals surface area contributed by atoms with Gasteiger partial charge in [-0.2, -0.15) is 0 Å². The topological polar surface area (TPSA) is 41.3 Å². The van der Waals surface area contributed by atoms with Gasteiger partial charge in [0.1, 0.15) is 0 Å². The summed E-state index contributed by atoms with van der Waals surface area (Å²) in [4.78, 5) is 2.14. The molecule has 0 aliphatic rings. The maximum atomic E-state index is 5.43. The van der Waals surface area contributed by atoms with E-state index in [4.69, 9.17) is 5.73 Å². The first-order valence-electron chi connectivity index (χ1n) is 7.92. The zero-order chi connectivity index (χ0) is 16.0. The quantitative estimate of drug-likeness (QED) is 0.772. The first kappa shape index (κ1) is 18.2. The summed E-state index contributed by atoms with van der Waals surface area (Å²) in [6, 6.07) is 20.8. The molecule has 0 amide bonds. The van der Waals surface area contributed by atoms with Crippen LogP contribution in [0.1, 0.15) is 12.0 Å². The molecule has 0 bridgehead atoms. The van der Waals surface area contributed by atoms with E-state index in [1.165, 1.54) is 24.1 Å². The summed E-state index contributed by atoms with van der Waals surface area (Å²) in [5.41, 5.74) is 8.08. The molecule has 3 N–H and O–H groups in total. The van der Waals surface area contributed by atoms with Crippen molar-refractivity contribution in [1.29, 1.82) is 0 Å². The lowest BCUT2D eigenvalue weighted by atomic mass is 10.1. The lowest BCUT2D eigenvalue weighted by Crippen LogP contribution is -2.24. The van der Waals surface area contributed by atoms with Crippen molar-refractivity contribution < 1.29 is 0 Å². The number of likely N-dealkylation sites (N-methyl/N-ethyl adjacent to an activating group) is 1. The zero-order valence-electron chi connectivity index (χ0n) is 13.8. The molecule has 2 aromatic rings. The Hall–Kier alpha value is -1.84. The molecular formula is C19H29N3. The Labute approximate surface area is 135 Å². The standard InChI is InChI=1S/C10H15N.C9H14N2/c1-11-9-5-8-10-6-3-2-4-7-10;1-11(8-7-10)9-5-3-2-4-6-9/h2-4,6-7,11H,5,8-9H2,1H3;2-6H,7-8,10H2,1H3. The van der Waals surface area contributed by atoms with Crippen molar-refractivity contribution in [1.82, 2.24) is 5.32 Å². The van der Waals surface area contributed by atoms with Gasteiger partial charge < -0.3 is 16.0 Å². The van der Waals surface area contributed by atoms with Crippen LogP contribution in [0.15, 0.2) is 60.7 Å². The molecule has 0 saturated carbocycles. The third-order valence-corrected chi connectivity index (χ3v) is 3.40. The predicted molar refractivity (Wildman–Crippen MR) is 97.5 cm³/mol. The summed E-state index contributed by atoms with van der Waals surface area (Å²) in [5, 5.41) is 3.14. The minimum absolute atomic E-state index is 0.700. The van der Waals surface area contributed by atoms with Gasteiger partial charge in [0.25, 0.3) is 0 Å². The molecule has 22 heavy (non-hydrogen) atoms. The summed E-state index contributed by atoms with van der Waals surface area (Å²) in [5.74, 6) is 0. The summed E-state index contributed by atoms with van der Waals surface area (Å²) in [7, 11) is 4.03. The number of hydrogen-bond donors (Lipinski definition) is 2. The van der Waals surface area contributed by atoms with Gasteiger partial charge in [0.05, 0.1) is 0 Å². The van der Waals surface area contributed by atoms with Crippen LogP contribution in [0.25, 0.3) is 0 Å². The van der Waals surface area contributed by atoms with Gasteiger partial charge in [0.15, 0.2) is 0 Å². The first-order chi connectivity index (χ1) is 10.8. The highest BCUT2D eigenvalue weighted by Gasteiger charge is 1.95. The minimum atomic E-state index is 0.700. The van der Waals surface area contributed by atoms with Crippen LogP contribution in [0.4, 0.5) is 5.69 Å². The molecule has 0 unspecified atom stereocenters. The molecule has 3 nitrogen and oxygen atoms in total. The Kier molecular flexibility index (Phi) is 9.75. The highest BCUT2D eigenvalue weighted by atomic mass is 15.1. The summed E-state index contributed by atoms with van der Waals surface area (Å²) in [6.45, 7) is 2.71. The molecule has 2 rings (SSSR count). The van der Waals surface area contributed by atoms with Gasteiger partial charge >= 0.3 is 0 Å². The van der Waals surface area contributed by atoms with Gasteiger partial charge in [-0.05, 0) is 44.1 Å². The number of rotatable bonds is 7. The number of nitrogens with two attached hydrogens (primary N) is 1. The van der Waals surface area contributed by atoms with Crippen molar-refractivity contribution in [2.75, 3.05) is 38.6 Å². The van der Waals surface area contributed by atoms with Gasteiger partial charge in [0, 0.05) is 25.8 Å². The van der Waals surface area contributed by atoms with E-state index in [-0.39, 0.29) is 0 Å². The van der Waals surface area contributed by atoms with E-state index in [1.807, 2.05) is 32.3 Å². The van der Waals surface area contributed by atoms with Gasteiger partial charge in [-0.25, -0.2) is 0 Å². The number of benzene rings is 2. The second-order valence-corrected chi connectivity index (χ2v) is 5.24. The summed E-state index contributed by atoms with van der Waals surface area (Å²) >= 11 is 0. The van der Waals surface area contributed by atoms with Gasteiger partial charge in [0.2, 0.25) is 0 Å². The van der Waals surface area contributed by atoms with Crippen LogP contribution >= 0.6 is 0 Å². The average Bonchev–Trinajstić information content (AvgIpc) is 2.58. The smallest absolute Gasteiger partial charge is 0.0364 e. The van der Waals surface area contributed by atoms with Crippen molar-refractivity contribution in [3.8, 4) is 0 Å². The molecule has 3 heteroatoms. The lowest BCUT2D eigenvalue weighted by molar-refractivity contribution is 0.725. The lowest BCUT2D eigenvalue weighted by Gasteiger charge is -2.17. The fourth-order valence-corrected chi connectivity index (χ4v) is 2.12. The predicted octanol–water partition coefficient (Wildman–Crippen LogP) is 2.92. The van der Waals surface area contributed by atoms with E-state index in [1.54, 1.807) is 0 Å². The third-order valence-electron chi connectivity index (χ3n) is 3.40. The largest absolute Gasteiger partial charge is 0.373 e. The van der Waals surface area contributed by atoms with Crippen molar-refractivity contribution >= 4 is 5.69 Å². The van der Waals surface area contributed by atoms with Crippen LogP contribution in [0, 0.1) is 0 Å². The maximum absolute atomic E-state index is 5.43. The Bertz CT molecular complexity index is 471. The number of nitrogens with one attached hydrogen (secondary N) is 1. The Balaban J connectivity index is 0.000000220. The molecule has 0 heterocycles.